The Morgan fingerprint density at radius 2 is 1.94 bits per heavy atom. The summed E-state index contributed by atoms with van der Waals surface area (Å²) < 4.78 is 16.2. The number of aromatic nitrogens is 1. The lowest BCUT2D eigenvalue weighted by Crippen LogP contribution is -2.33. The Morgan fingerprint density at radius 1 is 1.15 bits per heavy atom. The third-order valence-corrected chi connectivity index (χ3v) is 4.34. The number of carbonyl (C=O) groups excluding carboxylic acids is 2. The molecule has 0 spiro atoms. The summed E-state index contributed by atoms with van der Waals surface area (Å²) in [6, 6.07) is 16.5. The van der Waals surface area contributed by atoms with E-state index in [-0.39, 0.29) is 5.75 Å². The summed E-state index contributed by atoms with van der Waals surface area (Å²) in [7, 11) is 1.45. The van der Waals surface area contributed by atoms with Gasteiger partial charge in [-0.2, -0.15) is 10.4 Å². The Bertz CT molecular complexity index is 1190. The Balaban J connectivity index is 1.58. The second-order valence-corrected chi connectivity index (χ2v) is 6.67. The van der Waals surface area contributed by atoms with Gasteiger partial charge in [-0.15, -0.1) is 0 Å². The summed E-state index contributed by atoms with van der Waals surface area (Å²) in [5.74, 6) is -0.00488. The van der Waals surface area contributed by atoms with Crippen LogP contribution < -0.4 is 19.6 Å². The molecule has 1 N–H and O–H groups in total. The minimum atomic E-state index is -0.807. The van der Waals surface area contributed by atoms with Gasteiger partial charge in [0.25, 0.3) is 5.91 Å². The molecule has 0 saturated carbocycles. The van der Waals surface area contributed by atoms with Gasteiger partial charge in [0.1, 0.15) is 5.75 Å². The monoisotopic (exact) mass is 444 g/mol. The van der Waals surface area contributed by atoms with Crippen LogP contribution in [0.3, 0.4) is 0 Å². The zero-order valence-electron chi connectivity index (χ0n) is 17.9. The number of nitriles is 1. The van der Waals surface area contributed by atoms with Crippen LogP contribution in [-0.4, -0.2) is 36.3 Å². The van der Waals surface area contributed by atoms with Gasteiger partial charge in [0.05, 0.1) is 30.5 Å². The molecule has 1 amide bonds. The van der Waals surface area contributed by atoms with Gasteiger partial charge in [0.2, 0.25) is 0 Å². The van der Waals surface area contributed by atoms with Crippen molar-refractivity contribution in [2.45, 2.75) is 13.0 Å². The summed E-state index contributed by atoms with van der Waals surface area (Å²) >= 11 is 0. The summed E-state index contributed by atoms with van der Waals surface area (Å²) in [6.45, 7) is 1.58. The second kappa shape index (κ2) is 11.1. The van der Waals surface area contributed by atoms with Crippen LogP contribution in [0.25, 0.3) is 0 Å². The highest BCUT2D eigenvalue weighted by Gasteiger charge is 2.15. The van der Waals surface area contributed by atoms with E-state index < -0.39 is 18.0 Å². The molecule has 0 bridgehead atoms. The Morgan fingerprint density at radius 3 is 2.61 bits per heavy atom. The van der Waals surface area contributed by atoms with Gasteiger partial charge in [-0.3, -0.25) is 9.78 Å². The fourth-order valence-corrected chi connectivity index (χ4v) is 2.62. The highest BCUT2D eigenvalue weighted by Crippen LogP contribution is 2.28. The Hall–Kier alpha value is -4.71. The van der Waals surface area contributed by atoms with E-state index in [1.807, 2.05) is 6.07 Å². The van der Waals surface area contributed by atoms with E-state index in [1.54, 1.807) is 67.7 Å². The summed E-state index contributed by atoms with van der Waals surface area (Å²) in [4.78, 5) is 28.3. The first-order valence-corrected chi connectivity index (χ1v) is 9.80. The number of esters is 1. The maximum absolute atomic E-state index is 12.2. The van der Waals surface area contributed by atoms with E-state index in [4.69, 9.17) is 19.5 Å². The number of carbonyl (C=O) groups is 2. The summed E-state index contributed by atoms with van der Waals surface area (Å²) in [5.41, 5.74) is 3.81. The minimum absolute atomic E-state index is 0.233. The predicted octanol–water partition coefficient (Wildman–Crippen LogP) is 3.10. The first-order chi connectivity index (χ1) is 16.0. The molecule has 3 aromatic rings. The third kappa shape index (κ3) is 6.38. The van der Waals surface area contributed by atoms with Crippen molar-refractivity contribution in [3.63, 3.8) is 0 Å². The van der Waals surface area contributed by atoms with Gasteiger partial charge in [0.15, 0.2) is 17.6 Å². The van der Waals surface area contributed by atoms with Gasteiger partial charge < -0.3 is 14.2 Å². The van der Waals surface area contributed by atoms with Gasteiger partial charge in [0, 0.05) is 12.4 Å². The van der Waals surface area contributed by atoms with Crippen LogP contribution in [-0.2, 0) is 4.79 Å². The number of nitrogens with zero attached hydrogens (tertiary/aromatic N) is 3. The number of pyridine rings is 1. The number of benzene rings is 2. The number of methoxy groups -OCH3 is 1. The van der Waals surface area contributed by atoms with Crippen LogP contribution in [0.15, 0.2) is 72.1 Å². The smallest absolute Gasteiger partial charge is 0.345 e. The SMILES string of the molecule is COc1cc(/C=N/NC(=O)C(C)Oc2ccc(C#N)cc2)ccc1OC(=O)c1cccnc1. The molecule has 0 aliphatic carbocycles. The lowest BCUT2D eigenvalue weighted by molar-refractivity contribution is -0.127. The van der Waals surface area contributed by atoms with Crippen molar-refractivity contribution in [1.82, 2.24) is 10.4 Å². The van der Waals surface area contributed by atoms with Crippen molar-refractivity contribution in [3.8, 4) is 23.3 Å². The maximum atomic E-state index is 12.2. The zero-order chi connectivity index (χ0) is 23.6. The van der Waals surface area contributed by atoms with Gasteiger partial charge >= 0.3 is 5.97 Å². The number of hydrogen-bond donors (Lipinski definition) is 1. The number of ether oxygens (including phenoxy) is 3. The highest BCUT2D eigenvalue weighted by atomic mass is 16.6. The molecule has 1 heterocycles. The van der Waals surface area contributed by atoms with E-state index in [1.165, 1.54) is 19.5 Å². The average Bonchev–Trinajstić information content (AvgIpc) is 2.85. The zero-order valence-corrected chi connectivity index (χ0v) is 17.9. The van der Waals surface area contributed by atoms with Crippen LogP contribution >= 0.6 is 0 Å². The van der Waals surface area contributed by atoms with Crippen molar-refractivity contribution in [1.29, 1.82) is 5.26 Å². The van der Waals surface area contributed by atoms with E-state index >= 15 is 0 Å². The number of hydrogen-bond acceptors (Lipinski definition) is 8. The molecule has 0 radical (unpaired) electrons. The number of rotatable bonds is 8. The van der Waals surface area contributed by atoms with E-state index in [2.05, 4.69) is 15.5 Å². The molecule has 0 aliphatic heterocycles. The van der Waals surface area contributed by atoms with E-state index in [0.717, 1.165) is 0 Å². The Kier molecular flexibility index (Phi) is 7.70. The molecule has 1 unspecified atom stereocenters. The van der Waals surface area contributed by atoms with Crippen LogP contribution in [0.4, 0.5) is 0 Å². The Labute approximate surface area is 190 Å². The minimum Gasteiger partial charge on any atom is -0.493 e. The van der Waals surface area contributed by atoms with Crippen LogP contribution in [0.2, 0.25) is 0 Å². The molecular formula is C24H20N4O5. The standard InChI is InChI=1S/C24H20N4O5/c1-16(32-20-8-5-17(13-25)6-9-20)23(29)28-27-14-18-7-10-21(22(12-18)31-2)33-24(30)19-4-3-11-26-15-19/h3-12,14-16H,1-2H3,(H,28,29)/b27-14+. The molecule has 1 atom stereocenters. The molecule has 3 rings (SSSR count). The molecule has 33 heavy (non-hydrogen) atoms. The molecular weight excluding hydrogens is 424 g/mol. The first kappa shape index (κ1) is 23.0. The lowest BCUT2D eigenvalue weighted by atomic mass is 10.2. The fourth-order valence-electron chi connectivity index (χ4n) is 2.62. The topological polar surface area (TPSA) is 123 Å². The molecule has 0 fully saturated rings. The van der Waals surface area contributed by atoms with Crippen LogP contribution in [0.5, 0.6) is 17.2 Å². The van der Waals surface area contributed by atoms with Crippen molar-refractivity contribution in [2.24, 2.45) is 5.10 Å². The molecule has 9 nitrogen and oxygen atoms in total. The molecule has 0 saturated heterocycles. The van der Waals surface area contributed by atoms with Gasteiger partial charge in [-0.05, 0) is 67.1 Å². The van der Waals surface area contributed by atoms with Crippen molar-refractivity contribution < 1.29 is 23.8 Å². The third-order valence-electron chi connectivity index (χ3n) is 4.34. The maximum Gasteiger partial charge on any atom is 0.345 e. The van der Waals surface area contributed by atoms with Crippen molar-refractivity contribution in [2.75, 3.05) is 7.11 Å². The van der Waals surface area contributed by atoms with Gasteiger partial charge in [-0.25, -0.2) is 10.2 Å². The second-order valence-electron chi connectivity index (χ2n) is 6.67. The number of nitrogens with one attached hydrogen (secondary N) is 1. The normalized spacial score (nSPS) is 11.3. The van der Waals surface area contributed by atoms with Crippen molar-refractivity contribution in [3.05, 3.63) is 83.7 Å². The first-order valence-electron chi connectivity index (χ1n) is 9.80. The number of hydrazone groups is 1. The molecule has 9 heteroatoms. The number of amides is 1. The lowest BCUT2D eigenvalue weighted by Gasteiger charge is -2.13. The molecule has 1 aromatic heterocycles. The molecule has 2 aromatic carbocycles. The molecule has 166 valence electrons. The highest BCUT2D eigenvalue weighted by molar-refractivity contribution is 5.91. The fraction of sp³-hybridized carbons (Fsp3) is 0.125. The van der Waals surface area contributed by atoms with E-state index in [0.29, 0.717) is 28.2 Å². The summed E-state index contributed by atoms with van der Waals surface area (Å²) in [6.07, 6.45) is 3.58. The molecule has 0 aliphatic rings. The average molecular weight is 444 g/mol. The quantitative estimate of drug-likeness (QED) is 0.245. The predicted molar refractivity (Wildman–Crippen MR) is 119 cm³/mol. The van der Waals surface area contributed by atoms with Gasteiger partial charge in [-0.1, -0.05) is 0 Å². The van der Waals surface area contributed by atoms with Crippen LogP contribution in [0.1, 0.15) is 28.4 Å². The summed E-state index contributed by atoms with van der Waals surface area (Å²) in [5, 5.41) is 12.7. The van der Waals surface area contributed by atoms with Crippen molar-refractivity contribution >= 4 is 18.1 Å². The largest absolute Gasteiger partial charge is 0.493 e. The van der Waals surface area contributed by atoms with Crippen LogP contribution in [0, 0.1) is 11.3 Å². The van der Waals surface area contributed by atoms with E-state index in [9.17, 15) is 9.59 Å².